The minimum atomic E-state index is -3.56. The van der Waals surface area contributed by atoms with E-state index in [2.05, 4.69) is 0 Å². The number of nitrogens with zero attached hydrogens (tertiary/aromatic N) is 3. The number of carbonyl (C=O) groups is 2. The van der Waals surface area contributed by atoms with Gasteiger partial charge < -0.3 is 4.90 Å². The molecule has 2 heterocycles. The smallest absolute Gasteiger partial charge is 0.324 e. The number of benzene rings is 1. The standard InChI is InChI=1S/C19H25N3O4S/c1-20-17-10-9-14(12-15(17)18(23)21(2)19(20)24)27(25,26)22-11-5-7-13-6-3-4-8-16(13)22/h3-4,6,8,14-15,17H,5,7,9-12H2,1-2H3. The Morgan fingerprint density at radius 3 is 2.59 bits per heavy atom. The van der Waals surface area contributed by atoms with Crippen LogP contribution in [0.15, 0.2) is 24.3 Å². The van der Waals surface area contributed by atoms with Crippen molar-refractivity contribution in [2.24, 2.45) is 5.92 Å². The first-order valence-corrected chi connectivity index (χ1v) is 11.0. The molecular formula is C19H25N3O4S. The van der Waals surface area contributed by atoms with Gasteiger partial charge in [-0.15, -0.1) is 0 Å². The Morgan fingerprint density at radius 2 is 1.81 bits per heavy atom. The van der Waals surface area contributed by atoms with Gasteiger partial charge in [0, 0.05) is 26.7 Å². The van der Waals surface area contributed by atoms with Crippen LogP contribution in [0, 0.1) is 5.92 Å². The third-order valence-electron chi connectivity index (χ3n) is 6.30. The molecule has 1 saturated carbocycles. The second-order valence-electron chi connectivity index (χ2n) is 7.75. The van der Waals surface area contributed by atoms with Crippen molar-refractivity contribution in [2.45, 2.75) is 43.4 Å². The summed E-state index contributed by atoms with van der Waals surface area (Å²) in [5, 5.41) is -0.594. The Hall–Kier alpha value is -2.09. The number of carbonyl (C=O) groups excluding carboxylic acids is 2. The molecule has 7 nitrogen and oxygen atoms in total. The molecule has 146 valence electrons. The van der Waals surface area contributed by atoms with Gasteiger partial charge in [0.1, 0.15) is 0 Å². The lowest BCUT2D eigenvalue weighted by atomic mass is 9.81. The molecule has 3 unspecified atom stereocenters. The van der Waals surface area contributed by atoms with Crippen LogP contribution in [-0.4, -0.2) is 62.1 Å². The number of para-hydroxylation sites is 1. The monoisotopic (exact) mass is 391 g/mol. The minimum Gasteiger partial charge on any atom is -0.324 e. The third-order valence-corrected chi connectivity index (χ3v) is 8.56. The van der Waals surface area contributed by atoms with Gasteiger partial charge >= 0.3 is 6.03 Å². The number of amides is 3. The quantitative estimate of drug-likeness (QED) is 0.771. The Labute approximate surface area is 160 Å². The van der Waals surface area contributed by atoms with Crippen LogP contribution in [0.3, 0.4) is 0 Å². The molecular weight excluding hydrogens is 366 g/mol. The Kier molecular flexibility index (Phi) is 4.41. The molecule has 2 aliphatic heterocycles. The van der Waals surface area contributed by atoms with Crippen molar-refractivity contribution in [3.8, 4) is 0 Å². The highest BCUT2D eigenvalue weighted by Crippen LogP contribution is 2.39. The summed E-state index contributed by atoms with van der Waals surface area (Å²) in [6, 6.07) is 7.12. The molecule has 27 heavy (non-hydrogen) atoms. The van der Waals surface area contributed by atoms with Crippen LogP contribution >= 0.6 is 0 Å². The number of urea groups is 1. The summed E-state index contributed by atoms with van der Waals surface area (Å²) in [6.45, 7) is 0.482. The maximum atomic E-state index is 13.4. The molecule has 3 atom stereocenters. The van der Waals surface area contributed by atoms with E-state index in [-0.39, 0.29) is 24.4 Å². The molecule has 8 heteroatoms. The van der Waals surface area contributed by atoms with Crippen LogP contribution < -0.4 is 4.31 Å². The zero-order chi connectivity index (χ0) is 19.3. The fourth-order valence-corrected chi connectivity index (χ4v) is 6.86. The van der Waals surface area contributed by atoms with Crippen molar-refractivity contribution in [1.29, 1.82) is 0 Å². The summed E-state index contributed by atoms with van der Waals surface area (Å²) in [7, 11) is -0.400. The average molecular weight is 391 g/mol. The Morgan fingerprint density at radius 1 is 1.07 bits per heavy atom. The van der Waals surface area contributed by atoms with Crippen LogP contribution in [0.1, 0.15) is 31.2 Å². The maximum absolute atomic E-state index is 13.4. The molecule has 0 N–H and O–H groups in total. The van der Waals surface area contributed by atoms with Crippen LogP contribution in [0.5, 0.6) is 0 Å². The lowest BCUT2D eigenvalue weighted by Gasteiger charge is -2.46. The SMILES string of the molecule is CN1C(=O)C2CC(S(=O)(=O)N3CCCc4ccccc43)CCC2N(C)C1=O. The van der Waals surface area contributed by atoms with Gasteiger partial charge in [0.2, 0.25) is 15.9 Å². The number of fused-ring (bicyclic) bond motifs is 2. The summed E-state index contributed by atoms with van der Waals surface area (Å²) in [5.41, 5.74) is 1.82. The number of imide groups is 1. The van der Waals surface area contributed by atoms with Gasteiger partial charge in [-0.25, -0.2) is 13.2 Å². The van der Waals surface area contributed by atoms with Gasteiger partial charge in [-0.1, -0.05) is 18.2 Å². The number of sulfonamides is 1. The van der Waals surface area contributed by atoms with E-state index >= 15 is 0 Å². The van der Waals surface area contributed by atoms with E-state index in [1.807, 2.05) is 24.3 Å². The molecule has 3 amide bonds. The number of hydrogen-bond acceptors (Lipinski definition) is 4. The number of aryl methyl sites for hydroxylation is 1. The summed E-state index contributed by atoms with van der Waals surface area (Å²) in [5.74, 6) is -0.715. The average Bonchev–Trinajstić information content (AvgIpc) is 2.69. The van der Waals surface area contributed by atoms with Crippen molar-refractivity contribution < 1.29 is 18.0 Å². The molecule has 0 aromatic heterocycles. The van der Waals surface area contributed by atoms with Crippen molar-refractivity contribution in [3.63, 3.8) is 0 Å². The van der Waals surface area contributed by atoms with E-state index < -0.39 is 21.2 Å². The molecule has 2 fully saturated rings. The van der Waals surface area contributed by atoms with Crippen molar-refractivity contribution in [1.82, 2.24) is 9.80 Å². The lowest BCUT2D eigenvalue weighted by Crippen LogP contribution is -2.62. The predicted octanol–water partition coefficient (Wildman–Crippen LogP) is 1.83. The second-order valence-corrected chi connectivity index (χ2v) is 9.89. The maximum Gasteiger partial charge on any atom is 0.326 e. The van der Waals surface area contributed by atoms with Gasteiger partial charge in [0.15, 0.2) is 0 Å². The summed E-state index contributed by atoms with van der Waals surface area (Å²) >= 11 is 0. The molecule has 1 saturated heterocycles. The molecule has 0 radical (unpaired) electrons. The lowest BCUT2D eigenvalue weighted by molar-refractivity contribution is -0.138. The molecule has 1 aromatic rings. The molecule has 0 bridgehead atoms. The predicted molar refractivity (Wildman–Crippen MR) is 102 cm³/mol. The molecule has 1 aliphatic carbocycles. The summed E-state index contributed by atoms with van der Waals surface area (Å²) in [4.78, 5) is 27.5. The first kappa shape index (κ1) is 18.3. The minimum absolute atomic E-state index is 0.207. The van der Waals surface area contributed by atoms with Crippen molar-refractivity contribution in [2.75, 3.05) is 24.9 Å². The summed E-state index contributed by atoms with van der Waals surface area (Å²) in [6.07, 6.45) is 2.96. The highest BCUT2D eigenvalue weighted by atomic mass is 32.2. The molecule has 4 rings (SSSR count). The fourth-order valence-electron chi connectivity index (χ4n) is 4.78. The molecule has 1 aromatic carbocycles. The summed E-state index contributed by atoms with van der Waals surface area (Å²) < 4.78 is 28.4. The van der Waals surface area contributed by atoms with Crippen molar-refractivity contribution >= 4 is 27.6 Å². The van der Waals surface area contributed by atoms with Gasteiger partial charge in [-0.3, -0.25) is 14.0 Å². The molecule has 3 aliphatic rings. The third kappa shape index (κ3) is 2.81. The Bertz CT molecular complexity index is 885. The fraction of sp³-hybridized carbons (Fsp3) is 0.579. The topological polar surface area (TPSA) is 78.0 Å². The zero-order valence-electron chi connectivity index (χ0n) is 15.7. The largest absolute Gasteiger partial charge is 0.326 e. The highest BCUT2D eigenvalue weighted by molar-refractivity contribution is 7.93. The van der Waals surface area contributed by atoms with E-state index in [1.54, 1.807) is 16.3 Å². The Balaban J connectivity index is 1.62. The van der Waals surface area contributed by atoms with Crippen LogP contribution in [0.4, 0.5) is 10.5 Å². The van der Waals surface area contributed by atoms with Gasteiger partial charge in [0.25, 0.3) is 0 Å². The normalized spacial score (nSPS) is 28.8. The number of rotatable bonds is 2. The van der Waals surface area contributed by atoms with E-state index in [1.165, 1.54) is 7.05 Å². The van der Waals surface area contributed by atoms with Gasteiger partial charge in [-0.05, 0) is 43.7 Å². The van der Waals surface area contributed by atoms with E-state index in [4.69, 9.17) is 0 Å². The second kappa shape index (κ2) is 6.51. The zero-order valence-corrected chi connectivity index (χ0v) is 16.5. The molecule has 0 spiro atoms. The van der Waals surface area contributed by atoms with E-state index in [0.717, 1.165) is 29.0 Å². The van der Waals surface area contributed by atoms with Crippen molar-refractivity contribution in [3.05, 3.63) is 29.8 Å². The van der Waals surface area contributed by atoms with E-state index in [9.17, 15) is 18.0 Å². The first-order chi connectivity index (χ1) is 12.8. The number of anilines is 1. The van der Waals surface area contributed by atoms with Crippen LogP contribution in [0.25, 0.3) is 0 Å². The van der Waals surface area contributed by atoms with Gasteiger partial charge in [-0.2, -0.15) is 0 Å². The van der Waals surface area contributed by atoms with Crippen LogP contribution in [0.2, 0.25) is 0 Å². The first-order valence-electron chi connectivity index (χ1n) is 9.46. The number of hydrogen-bond donors (Lipinski definition) is 0. The highest BCUT2D eigenvalue weighted by Gasteiger charge is 2.49. The van der Waals surface area contributed by atoms with E-state index in [0.29, 0.717) is 19.4 Å². The van der Waals surface area contributed by atoms with Gasteiger partial charge in [0.05, 0.1) is 16.9 Å². The van der Waals surface area contributed by atoms with Crippen LogP contribution in [-0.2, 0) is 21.2 Å².